The Morgan fingerprint density at radius 3 is 2.39 bits per heavy atom. The van der Waals surface area contributed by atoms with Crippen LogP contribution in [0.5, 0.6) is 0 Å². The Hall–Kier alpha value is -2.77. The van der Waals surface area contributed by atoms with Crippen LogP contribution in [0.4, 0.5) is 11.4 Å². The van der Waals surface area contributed by atoms with Crippen molar-refractivity contribution in [3.8, 4) is 5.69 Å². The first-order valence-corrected chi connectivity index (χ1v) is 11.4. The first-order chi connectivity index (χ1) is 14.8. The smallest absolute Gasteiger partial charge is 0.264 e. The van der Waals surface area contributed by atoms with E-state index in [1.807, 2.05) is 44.4 Å². The van der Waals surface area contributed by atoms with E-state index in [-0.39, 0.29) is 5.91 Å². The second-order valence-electron chi connectivity index (χ2n) is 7.53. The third-order valence-corrected chi connectivity index (χ3v) is 6.53. The summed E-state index contributed by atoms with van der Waals surface area (Å²) < 4.78 is 3.20. The van der Waals surface area contributed by atoms with Gasteiger partial charge in [0.15, 0.2) is 5.17 Å². The van der Waals surface area contributed by atoms with Gasteiger partial charge in [-0.05, 0) is 91.8 Å². The zero-order valence-corrected chi connectivity index (χ0v) is 20.2. The zero-order chi connectivity index (χ0) is 22.1. The van der Waals surface area contributed by atoms with E-state index in [1.165, 1.54) is 11.8 Å². The minimum absolute atomic E-state index is 0.124. The molecule has 1 fully saturated rings. The second kappa shape index (κ2) is 8.77. The Morgan fingerprint density at radius 2 is 1.74 bits per heavy atom. The number of carbonyl (C=O) groups excluding carboxylic acids is 1. The molecule has 2 aromatic carbocycles. The third-order valence-electron chi connectivity index (χ3n) is 5.09. The van der Waals surface area contributed by atoms with E-state index in [1.54, 1.807) is 0 Å². The van der Waals surface area contributed by atoms with E-state index in [0.29, 0.717) is 10.1 Å². The van der Waals surface area contributed by atoms with Crippen LogP contribution in [0.15, 0.2) is 69.0 Å². The lowest BCUT2D eigenvalue weighted by Gasteiger charge is -2.14. The number of amidine groups is 1. The summed E-state index contributed by atoms with van der Waals surface area (Å²) in [7, 11) is 4.06. The maximum atomic E-state index is 12.5. The molecule has 158 valence electrons. The highest BCUT2D eigenvalue weighted by Gasteiger charge is 2.24. The standard InChI is InChI=1S/C24H23BrN4OS/c1-15-13-17(16(2)29(15)21-11-9-20(10-12-21)28(3)4)14-22-23(30)27-24(31-22)26-19-7-5-18(25)6-8-19/h5-14H,1-4H3,(H,26,27,30)/b22-14-. The number of anilines is 1. The predicted octanol–water partition coefficient (Wildman–Crippen LogP) is 5.81. The monoisotopic (exact) mass is 494 g/mol. The minimum Gasteiger partial charge on any atom is -0.378 e. The average molecular weight is 495 g/mol. The van der Waals surface area contributed by atoms with Gasteiger partial charge in [0.05, 0.1) is 10.6 Å². The third kappa shape index (κ3) is 4.62. The number of aliphatic imine (C=N–C) groups is 1. The SMILES string of the molecule is Cc1cc(/C=C2\SC(=Nc3ccc(Br)cc3)NC2=O)c(C)n1-c1ccc(N(C)C)cc1. The van der Waals surface area contributed by atoms with Gasteiger partial charge in [-0.1, -0.05) is 15.9 Å². The average Bonchev–Trinajstić information content (AvgIpc) is 3.22. The van der Waals surface area contributed by atoms with Gasteiger partial charge in [0.1, 0.15) is 0 Å². The van der Waals surface area contributed by atoms with Crippen molar-refractivity contribution in [1.82, 2.24) is 9.88 Å². The fraction of sp³-hybridized carbons (Fsp3) is 0.167. The Balaban J connectivity index is 1.61. The van der Waals surface area contributed by atoms with E-state index >= 15 is 0 Å². The number of amides is 1. The summed E-state index contributed by atoms with van der Waals surface area (Å²) in [5, 5.41) is 3.45. The van der Waals surface area contributed by atoms with Crippen molar-refractivity contribution in [3.05, 3.63) is 80.9 Å². The number of aromatic nitrogens is 1. The molecule has 0 bridgehead atoms. The first-order valence-electron chi connectivity index (χ1n) is 9.83. The van der Waals surface area contributed by atoms with Crippen molar-refractivity contribution in [2.24, 2.45) is 4.99 Å². The summed E-state index contributed by atoms with van der Waals surface area (Å²) in [5.41, 5.74) is 6.29. The van der Waals surface area contributed by atoms with Gasteiger partial charge in [-0.25, -0.2) is 4.99 Å². The minimum atomic E-state index is -0.124. The van der Waals surface area contributed by atoms with Crippen LogP contribution in [0.25, 0.3) is 11.8 Å². The molecule has 0 atom stereocenters. The molecule has 1 amide bonds. The van der Waals surface area contributed by atoms with Crippen LogP contribution in [-0.2, 0) is 4.79 Å². The van der Waals surface area contributed by atoms with Crippen molar-refractivity contribution in [2.75, 3.05) is 19.0 Å². The topological polar surface area (TPSA) is 49.6 Å². The molecular formula is C24H23BrN4OS. The highest BCUT2D eigenvalue weighted by Crippen LogP contribution is 2.31. The highest BCUT2D eigenvalue weighted by atomic mass is 79.9. The quantitative estimate of drug-likeness (QED) is 0.465. The molecule has 0 aliphatic carbocycles. The fourth-order valence-electron chi connectivity index (χ4n) is 3.49. The van der Waals surface area contributed by atoms with Gasteiger partial charge >= 0.3 is 0 Å². The molecule has 31 heavy (non-hydrogen) atoms. The molecule has 1 aliphatic heterocycles. The molecule has 0 spiro atoms. The highest BCUT2D eigenvalue weighted by molar-refractivity contribution is 9.10. The van der Waals surface area contributed by atoms with E-state index in [2.05, 4.69) is 79.9 Å². The Labute approximate surface area is 195 Å². The number of hydrogen-bond acceptors (Lipinski definition) is 4. The van der Waals surface area contributed by atoms with Gasteiger partial charge in [-0.2, -0.15) is 0 Å². The van der Waals surface area contributed by atoms with Crippen molar-refractivity contribution in [3.63, 3.8) is 0 Å². The van der Waals surface area contributed by atoms with Crippen LogP contribution in [0, 0.1) is 13.8 Å². The lowest BCUT2D eigenvalue weighted by Crippen LogP contribution is -2.19. The molecule has 4 rings (SSSR count). The van der Waals surface area contributed by atoms with Crippen LogP contribution in [-0.4, -0.2) is 29.7 Å². The molecule has 7 heteroatoms. The van der Waals surface area contributed by atoms with Gasteiger partial charge in [-0.3, -0.25) is 4.79 Å². The molecule has 1 aliphatic rings. The number of halogens is 1. The molecule has 3 aromatic rings. The van der Waals surface area contributed by atoms with E-state index in [9.17, 15) is 4.79 Å². The Kier molecular flexibility index (Phi) is 6.07. The van der Waals surface area contributed by atoms with Crippen LogP contribution >= 0.6 is 27.7 Å². The van der Waals surface area contributed by atoms with Crippen LogP contribution in [0.3, 0.4) is 0 Å². The van der Waals surface area contributed by atoms with Crippen molar-refractivity contribution in [2.45, 2.75) is 13.8 Å². The number of hydrogen-bond donors (Lipinski definition) is 1. The summed E-state index contributed by atoms with van der Waals surface area (Å²) in [6.45, 7) is 4.16. The molecule has 2 heterocycles. The molecule has 1 saturated heterocycles. The predicted molar refractivity (Wildman–Crippen MR) is 135 cm³/mol. The van der Waals surface area contributed by atoms with Gasteiger partial charge in [0.2, 0.25) is 0 Å². The van der Waals surface area contributed by atoms with Crippen molar-refractivity contribution >= 4 is 56.2 Å². The van der Waals surface area contributed by atoms with Gasteiger partial charge in [0, 0.05) is 41.3 Å². The molecule has 5 nitrogen and oxygen atoms in total. The van der Waals surface area contributed by atoms with E-state index in [0.717, 1.165) is 38.5 Å². The van der Waals surface area contributed by atoms with Crippen LogP contribution < -0.4 is 10.2 Å². The number of carbonyl (C=O) groups is 1. The molecule has 1 aromatic heterocycles. The summed E-state index contributed by atoms with van der Waals surface area (Å²) in [6.07, 6.45) is 1.94. The lowest BCUT2D eigenvalue weighted by atomic mass is 10.2. The van der Waals surface area contributed by atoms with Gasteiger partial charge < -0.3 is 14.8 Å². The molecule has 1 N–H and O–H groups in total. The number of nitrogens with zero attached hydrogens (tertiary/aromatic N) is 3. The zero-order valence-electron chi connectivity index (χ0n) is 17.8. The number of rotatable bonds is 4. The van der Waals surface area contributed by atoms with Crippen LogP contribution in [0.2, 0.25) is 0 Å². The molecule has 0 unspecified atom stereocenters. The van der Waals surface area contributed by atoms with Crippen LogP contribution in [0.1, 0.15) is 17.0 Å². The number of aryl methyl sites for hydroxylation is 1. The maximum absolute atomic E-state index is 12.5. The number of nitrogens with one attached hydrogen (secondary N) is 1. The van der Waals surface area contributed by atoms with Crippen molar-refractivity contribution < 1.29 is 4.79 Å². The van der Waals surface area contributed by atoms with Gasteiger partial charge in [-0.15, -0.1) is 0 Å². The van der Waals surface area contributed by atoms with Crippen molar-refractivity contribution in [1.29, 1.82) is 0 Å². The largest absolute Gasteiger partial charge is 0.378 e. The summed E-state index contributed by atoms with van der Waals surface area (Å²) in [5.74, 6) is -0.124. The molecule has 0 radical (unpaired) electrons. The normalized spacial score (nSPS) is 16.2. The Bertz CT molecular complexity index is 1190. The lowest BCUT2D eigenvalue weighted by molar-refractivity contribution is -0.115. The number of thioether (sulfide) groups is 1. The molecule has 0 saturated carbocycles. The summed E-state index contributed by atoms with van der Waals surface area (Å²) in [4.78, 5) is 19.8. The van der Waals surface area contributed by atoms with Gasteiger partial charge in [0.25, 0.3) is 5.91 Å². The summed E-state index contributed by atoms with van der Waals surface area (Å²) >= 11 is 4.78. The maximum Gasteiger partial charge on any atom is 0.264 e. The Morgan fingerprint density at radius 1 is 1.06 bits per heavy atom. The second-order valence-corrected chi connectivity index (χ2v) is 9.48. The first kappa shape index (κ1) is 21.5. The van der Waals surface area contributed by atoms with E-state index < -0.39 is 0 Å². The number of benzene rings is 2. The van der Waals surface area contributed by atoms with E-state index in [4.69, 9.17) is 0 Å². The molecular weight excluding hydrogens is 472 g/mol. The summed E-state index contributed by atoms with van der Waals surface area (Å²) in [6, 6.07) is 18.2. The fourth-order valence-corrected chi connectivity index (χ4v) is 4.58.